The number of carbonyl (C=O) groups excluding carboxylic acids is 1. The first-order valence-electron chi connectivity index (χ1n) is 8.53. The molecular formula is C18H16F3N3O6. The van der Waals surface area contributed by atoms with E-state index in [9.17, 15) is 28.1 Å². The Labute approximate surface area is 168 Å². The normalized spacial score (nSPS) is 14.1. The van der Waals surface area contributed by atoms with Crippen LogP contribution in [0, 0.1) is 10.1 Å². The molecule has 1 aromatic heterocycles. The van der Waals surface area contributed by atoms with Crippen LogP contribution in [0.4, 0.5) is 18.9 Å². The zero-order valence-corrected chi connectivity index (χ0v) is 15.8. The summed E-state index contributed by atoms with van der Waals surface area (Å²) in [5, 5.41) is 11.4. The molecule has 0 N–H and O–H groups in total. The Morgan fingerprint density at radius 2 is 1.83 bits per heavy atom. The van der Waals surface area contributed by atoms with Gasteiger partial charge in [-0.1, -0.05) is 0 Å². The van der Waals surface area contributed by atoms with Crippen LogP contribution in [-0.2, 0) is 6.18 Å². The summed E-state index contributed by atoms with van der Waals surface area (Å²) in [4.78, 5) is 28.3. The largest absolute Gasteiger partial charge is 0.493 e. The standard InChI is InChI=1S/C18H16F3N3O6/c1-28-14-5-12(13(24(26)27)6-15(14)29-2)17(25)23-8-11(9-23)30-16-4-3-10(7-22-16)18(19,20)21/h3-7,11H,8-9H2,1-2H3. The number of benzene rings is 1. The molecule has 2 aromatic rings. The quantitative estimate of drug-likeness (QED) is 0.516. The molecule has 160 valence electrons. The van der Waals surface area contributed by atoms with Gasteiger partial charge in [-0.3, -0.25) is 14.9 Å². The van der Waals surface area contributed by atoms with Crippen LogP contribution in [0.1, 0.15) is 15.9 Å². The maximum atomic E-state index is 12.7. The monoisotopic (exact) mass is 427 g/mol. The summed E-state index contributed by atoms with van der Waals surface area (Å²) in [6, 6.07) is 4.26. The van der Waals surface area contributed by atoms with E-state index in [0.29, 0.717) is 6.20 Å². The van der Waals surface area contributed by atoms with Crippen molar-refractivity contribution in [2.75, 3.05) is 27.3 Å². The number of halogens is 3. The SMILES string of the molecule is COc1cc(C(=O)N2CC(Oc3ccc(C(F)(F)F)cn3)C2)c([N+](=O)[O-])cc1OC. The average molecular weight is 427 g/mol. The molecule has 1 aromatic carbocycles. The molecule has 3 rings (SSSR count). The second-order valence-electron chi connectivity index (χ2n) is 6.31. The lowest BCUT2D eigenvalue weighted by Crippen LogP contribution is -2.56. The zero-order valence-electron chi connectivity index (χ0n) is 15.8. The van der Waals surface area contributed by atoms with Crippen LogP contribution < -0.4 is 14.2 Å². The van der Waals surface area contributed by atoms with Gasteiger partial charge >= 0.3 is 6.18 Å². The highest BCUT2D eigenvalue weighted by atomic mass is 19.4. The minimum absolute atomic E-state index is 0.0165. The van der Waals surface area contributed by atoms with Gasteiger partial charge in [0.05, 0.1) is 43.9 Å². The molecule has 0 radical (unpaired) electrons. The molecule has 0 aliphatic carbocycles. The second-order valence-corrected chi connectivity index (χ2v) is 6.31. The van der Waals surface area contributed by atoms with E-state index in [2.05, 4.69) is 4.98 Å². The number of nitro benzene ring substituents is 1. The van der Waals surface area contributed by atoms with E-state index in [4.69, 9.17) is 14.2 Å². The maximum Gasteiger partial charge on any atom is 0.417 e. The fourth-order valence-electron chi connectivity index (χ4n) is 2.83. The number of nitrogens with zero attached hydrogens (tertiary/aromatic N) is 3. The Kier molecular flexibility index (Phi) is 5.67. The number of hydrogen-bond donors (Lipinski definition) is 0. The van der Waals surface area contributed by atoms with Gasteiger partial charge in [-0.25, -0.2) is 4.98 Å². The van der Waals surface area contributed by atoms with Crippen molar-refractivity contribution in [3.05, 3.63) is 51.7 Å². The fraction of sp³-hybridized carbons (Fsp3) is 0.333. The number of likely N-dealkylation sites (tertiary alicyclic amines) is 1. The highest BCUT2D eigenvalue weighted by molar-refractivity contribution is 5.99. The Morgan fingerprint density at radius 1 is 1.20 bits per heavy atom. The third kappa shape index (κ3) is 4.21. The number of aromatic nitrogens is 1. The second kappa shape index (κ2) is 8.05. The molecule has 1 fully saturated rings. The molecule has 0 atom stereocenters. The summed E-state index contributed by atoms with van der Waals surface area (Å²) >= 11 is 0. The van der Waals surface area contributed by atoms with Crippen molar-refractivity contribution < 1.29 is 37.1 Å². The third-order valence-electron chi connectivity index (χ3n) is 4.42. The van der Waals surface area contributed by atoms with Crippen molar-refractivity contribution in [2.24, 2.45) is 0 Å². The van der Waals surface area contributed by atoms with Crippen LogP contribution in [-0.4, -0.2) is 54.1 Å². The van der Waals surface area contributed by atoms with E-state index >= 15 is 0 Å². The van der Waals surface area contributed by atoms with Gasteiger partial charge in [-0.15, -0.1) is 0 Å². The number of methoxy groups -OCH3 is 2. The summed E-state index contributed by atoms with van der Waals surface area (Å²) in [5.41, 5.74) is -1.52. The van der Waals surface area contributed by atoms with Crippen LogP contribution in [0.5, 0.6) is 17.4 Å². The van der Waals surface area contributed by atoms with Gasteiger partial charge in [0.15, 0.2) is 11.5 Å². The van der Waals surface area contributed by atoms with Crippen molar-refractivity contribution in [1.82, 2.24) is 9.88 Å². The van der Waals surface area contributed by atoms with Gasteiger partial charge in [0.25, 0.3) is 11.6 Å². The molecule has 30 heavy (non-hydrogen) atoms. The van der Waals surface area contributed by atoms with Crippen LogP contribution in [0.15, 0.2) is 30.5 Å². The van der Waals surface area contributed by atoms with Crippen molar-refractivity contribution in [3.63, 3.8) is 0 Å². The highest BCUT2D eigenvalue weighted by Crippen LogP contribution is 2.36. The topological polar surface area (TPSA) is 104 Å². The lowest BCUT2D eigenvalue weighted by Gasteiger charge is -2.38. The van der Waals surface area contributed by atoms with Crippen molar-refractivity contribution in [2.45, 2.75) is 12.3 Å². The third-order valence-corrected chi connectivity index (χ3v) is 4.42. The van der Waals surface area contributed by atoms with Gasteiger partial charge in [0.1, 0.15) is 11.7 Å². The fourth-order valence-corrected chi connectivity index (χ4v) is 2.83. The van der Waals surface area contributed by atoms with Crippen molar-refractivity contribution in [3.8, 4) is 17.4 Å². The minimum Gasteiger partial charge on any atom is -0.493 e. The highest BCUT2D eigenvalue weighted by Gasteiger charge is 2.37. The van der Waals surface area contributed by atoms with Gasteiger partial charge in [0, 0.05) is 18.3 Å². The van der Waals surface area contributed by atoms with Crippen molar-refractivity contribution >= 4 is 11.6 Å². The lowest BCUT2D eigenvalue weighted by molar-refractivity contribution is -0.385. The first-order valence-corrected chi connectivity index (χ1v) is 8.53. The van der Waals surface area contributed by atoms with Crippen LogP contribution in [0.25, 0.3) is 0 Å². The first kappa shape index (κ1) is 21.1. The Morgan fingerprint density at radius 3 is 2.33 bits per heavy atom. The predicted octanol–water partition coefficient (Wildman–Crippen LogP) is 2.93. The van der Waals surface area contributed by atoms with E-state index in [1.807, 2.05) is 0 Å². The average Bonchev–Trinajstić information content (AvgIpc) is 2.68. The molecule has 0 spiro atoms. The zero-order chi connectivity index (χ0) is 22.1. The van der Waals surface area contributed by atoms with Crippen LogP contribution in [0.2, 0.25) is 0 Å². The molecule has 1 aliphatic rings. The molecule has 2 heterocycles. The summed E-state index contributed by atoms with van der Waals surface area (Å²) in [7, 11) is 2.65. The molecule has 1 saturated heterocycles. The molecule has 0 saturated carbocycles. The van der Waals surface area contributed by atoms with E-state index in [-0.39, 0.29) is 36.0 Å². The Balaban J connectivity index is 1.68. The van der Waals surface area contributed by atoms with E-state index in [0.717, 1.165) is 18.2 Å². The molecule has 9 nitrogen and oxygen atoms in total. The number of ether oxygens (including phenoxy) is 3. The number of amides is 1. The maximum absolute atomic E-state index is 12.7. The molecule has 0 bridgehead atoms. The van der Waals surface area contributed by atoms with E-state index in [1.165, 1.54) is 25.2 Å². The molecule has 0 unspecified atom stereocenters. The number of carbonyl (C=O) groups is 1. The Hall–Kier alpha value is -3.57. The van der Waals surface area contributed by atoms with Gasteiger partial charge in [-0.2, -0.15) is 13.2 Å². The summed E-state index contributed by atoms with van der Waals surface area (Å²) in [6.45, 7) is 0.181. The molecule has 12 heteroatoms. The summed E-state index contributed by atoms with van der Waals surface area (Å²) in [5.74, 6) is -0.354. The first-order chi connectivity index (χ1) is 14.1. The van der Waals surface area contributed by atoms with Crippen molar-refractivity contribution in [1.29, 1.82) is 0 Å². The minimum atomic E-state index is -4.50. The molecular weight excluding hydrogens is 411 g/mol. The van der Waals surface area contributed by atoms with Crippen LogP contribution >= 0.6 is 0 Å². The number of nitro groups is 1. The number of pyridine rings is 1. The number of rotatable bonds is 6. The Bertz CT molecular complexity index is 959. The molecule has 1 amide bonds. The van der Waals surface area contributed by atoms with E-state index < -0.39 is 34.4 Å². The summed E-state index contributed by atoms with van der Waals surface area (Å²) < 4.78 is 53.2. The van der Waals surface area contributed by atoms with Gasteiger partial charge in [0.2, 0.25) is 5.88 Å². The molecule has 1 aliphatic heterocycles. The number of alkyl halides is 3. The summed E-state index contributed by atoms with van der Waals surface area (Å²) in [6.07, 6.45) is -4.35. The van der Waals surface area contributed by atoms with E-state index in [1.54, 1.807) is 0 Å². The van der Waals surface area contributed by atoms with Gasteiger partial charge < -0.3 is 19.1 Å². The van der Waals surface area contributed by atoms with Crippen LogP contribution in [0.3, 0.4) is 0 Å². The van der Waals surface area contributed by atoms with Gasteiger partial charge in [-0.05, 0) is 6.07 Å². The smallest absolute Gasteiger partial charge is 0.417 e. The predicted molar refractivity (Wildman–Crippen MR) is 95.8 cm³/mol. The lowest BCUT2D eigenvalue weighted by atomic mass is 10.1. The number of hydrogen-bond acceptors (Lipinski definition) is 7.